The Morgan fingerprint density at radius 2 is 1.59 bits per heavy atom. The highest BCUT2D eigenvalue weighted by Crippen LogP contribution is 2.37. The highest BCUT2D eigenvalue weighted by atomic mass is 16.6. The molecule has 0 radical (unpaired) electrons. The van der Waals surface area contributed by atoms with E-state index in [1.165, 1.54) is 0 Å². The minimum Gasteiger partial charge on any atom is -0.486 e. The SMILES string of the molecule is Cc1ccc(C2=C(Nc3ccc4c(c3)OCCO4)C(=O)N(c3ccc(C#N)cc3)C2=O)cc1C. The quantitative estimate of drug-likeness (QED) is 0.594. The second-order valence-electron chi connectivity index (χ2n) is 8.14. The third-order valence-corrected chi connectivity index (χ3v) is 5.95. The lowest BCUT2D eigenvalue weighted by atomic mass is 9.99. The first-order valence-electron chi connectivity index (χ1n) is 10.8. The van der Waals surface area contributed by atoms with E-state index in [0.717, 1.165) is 16.0 Å². The number of rotatable bonds is 4. The van der Waals surface area contributed by atoms with Crippen LogP contribution in [0.1, 0.15) is 22.3 Å². The molecular weight excluding hydrogens is 430 g/mol. The van der Waals surface area contributed by atoms with E-state index in [1.54, 1.807) is 42.5 Å². The van der Waals surface area contributed by atoms with Crippen molar-refractivity contribution < 1.29 is 19.1 Å². The van der Waals surface area contributed by atoms with Crippen LogP contribution in [-0.4, -0.2) is 25.0 Å². The van der Waals surface area contributed by atoms with Crippen molar-refractivity contribution in [2.45, 2.75) is 13.8 Å². The smallest absolute Gasteiger partial charge is 0.282 e. The highest BCUT2D eigenvalue weighted by molar-refractivity contribution is 6.46. The van der Waals surface area contributed by atoms with Gasteiger partial charge in [0.15, 0.2) is 11.5 Å². The summed E-state index contributed by atoms with van der Waals surface area (Å²) in [6, 6.07) is 19.4. The standard InChI is InChI=1S/C27H21N3O4/c1-16-3-6-19(13-17(16)2)24-25(29-20-7-10-22-23(14-20)34-12-11-33-22)27(32)30(26(24)31)21-8-4-18(15-28)5-9-21/h3-10,13-14,29H,11-12H2,1-2H3. The van der Waals surface area contributed by atoms with Gasteiger partial charge in [0.1, 0.15) is 18.9 Å². The minimum atomic E-state index is -0.474. The van der Waals surface area contributed by atoms with Crippen molar-refractivity contribution in [2.75, 3.05) is 23.4 Å². The van der Waals surface area contributed by atoms with Crippen LogP contribution in [0.25, 0.3) is 5.57 Å². The van der Waals surface area contributed by atoms with E-state index in [-0.39, 0.29) is 11.3 Å². The maximum atomic E-state index is 13.6. The molecule has 0 bridgehead atoms. The van der Waals surface area contributed by atoms with Crippen LogP contribution in [0.3, 0.4) is 0 Å². The number of nitriles is 1. The Bertz CT molecular complexity index is 1400. The lowest BCUT2D eigenvalue weighted by Crippen LogP contribution is -2.32. The number of nitrogens with one attached hydrogen (secondary N) is 1. The number of aryl methyl sites for hydroxylation is 2. The molecule has 7 nitrogen and oxygen atoms in total. The fourth-order valence-electron chi connectivity index (χ4n) is 4.00. The van der Waals surface area contributed by atoms with Gasteiger partial charge in [-0.3, -0.25) is 9.59 Å². The number of anilines is 2. The highest BCUT2D eigenvalue weighted by Gasteiger charge is 2.40. The largest absolute Gasteiger partial charge is 0.486 e. The fraction of sp³-hybridized carbons (Fsp3) is 0.148. The van der Waals surface area contributed by atoms with Crippen LogP contribution in [0.4, 0.5) is 11.4 Å². The van der Waals surface area contributed by atoms with Crippen molar-refractivity contribution in [1.29, 1.82) is 5.26 Å². The van der Waals surface area contributed by atoms with Gasteiger partial charge in [-0.05, 0) is 66.9 Å². The van der Waals surface area contributed by atoms with E-state index in [4.69, 9.17) is 14.7 Å². The summed E-state index contributed by atoms with van der Waals surface area (Å²) >= 11 is 0. The Balaban J connectivity index is 1.59. The van der Waals surface area contributed by atoms with Crippen molar-refractivity contribution >= 4 is 28.8 Å². The van der Waals surface area contributed by atoms with Crippen molar-refractivity contribution in [3.05, 3.63) is 88.6 Å². The first-order chi connectivity index (χ1) is 16.5. The molecule has 3 aromatic rings. The Morgan fingerprint density at radius 1 is 0.853 bits per heavy atom. The van der Waals surface area contributed by atoms with Crippen molar-refractivity contribution in [1.82, 2.24) is 0 Å². The summed E-state index contributed by atoms with van der Waals surface area (Å²) < 4.78 is 11.2. The van der Waals surface area contributed by atoms with Gasteiger partial charge in [0, 0.05) is 11.8 Å². The van der Waals surface area contributed by atoms with Crippen LogP contribution >= 0.6 is 0 Å². The number of hydrogen-bond acceptors (Lipinski definition) is 6. The van der Waals surface area contributed by atoms with E-state index in [9.17, 15) is 9.59 Å². The summed E-state index contributed by atoms with van der Waals surface area (Å²) in [5.74, 6) is 0.300. The molecule has 2 amide bonds. The van der Waals surface area contributed by atoms with Crippen LogP contribution in [0.5, 0.6) is 11.5 Å². The van der Waals surface area contributed by atoms with Gasteiger partial charge in [0.25, 0.3) is 11.8 Å². The third-order valence-electron chi connectivity index (χ3n) is 5.95. The van der Waals surface area contributed by atoms with Crippen molar-refractivity contribution in [2.24, 2.45) is 0 Å². The van der Waals surface area contributed by atoms with Crippen LogP contribution in [0.2, 0.25) is 0 Å². The Morgan fingerprint density at radius 3 is 2.29 bits per heavy atom. The molecule has 0 aromatic heterocycles. The van der Waals surface area contributed by atoms with E-state index < -0.39 is 11.8 Å². The Hall–Kier alpha value is -4.57. The topological polar surface area (TPSA) is 91.7 Å². The van der Waals surface area contributed by atoms with E-state index in [1.807, 2.05) is 38.1 Å². The van der Waals surface area contributed by atoms with Gasteiger partial charge in [0.05, 0.1) is 22.9 Å². The maximum absolute atomic E-state index is 13.6. The van der Waals surface area contributed by atoms with Crippen LogP contribution in [0, 0.1) is 25.2 Å². The number of carbonyl (C=O) groups excluding carboxylic acids is 2. The maximum Gasteiger partial charge on any atom is 0.282 e. The lowest BCUT2D eigenvalue weighted by molar-refractivity contribution is -0.120. The zero-order valence-corrected chi connectivity index (χ0v) is 18.7. The average Bonchev–Trinajstić information content (AvgIpc) is 3.10. The van der Waals surface area contributed by atoms with Crippen LogP contribution in [-0.2, 0) is 9.59 Å². The fourth-order valence-corrected chi connectivity index (χ4v) is 4.00. The number of carbonyl (C=O) groups is 2. The number of hydrogen-bond donors (Lipinski definition) is 1. The number of amides is 2. The van der Waals surface area contributed by atoms with Gasteiger partial charge < -0.3 is 14.8 Å². The molecule has 5 rings (SSSR count). The summed E-state index contributed by atoms with van der Waals surface area (Å²) in [5.41, 5.74) is 4.66. The monoisotopic (exact) mass is 451 g/mol. The zero-order valence-electron chi connectivity index (χ0n) is 18.7. The van der Waals surface area contributed by atoms with Gasteiger partial charge in [0.2, 0.25) is 0 Å². The molecule has 7 heteroatoms. The predicted octanol–water partition coefficient (Wildman–Crippen LogP) is 4.34. The van der Waals surface area contributed by atoms with Crippen molar-refractivity contribution in [3.8, 4) is 17.6 Å². The third kappa shape index (κ3) is 3.65. The molecule has 34 heavy (non-hydrogen) atoms. The summed E-state index contributed by atoms with van der Waals surface area (Å²) in [4.78, 5) is 28.3. The summed E-state index contributed by atoms with van der Waals surface area (Å²) in [6.07, 6.45) is 0. The van der Waals surface area contributed by atoms with Gasteiger partial charge >= 0.3 is 0 Å². The van der Waals surface area contributed by atoms with E-state index >= 15 is 0 Å². The normalized spacial score (nSPS) is 14.9. The molecule has 0 fully saturated rings. The number of imide groups is 1. The van der Waals surface area contributed by atoms with Crippen LogP contribution in [0.15, 0.2) is 66.4 Å². The number of ether oxygens (including phenoxy) is 2. The minimum absolute atomic E-state index is 0.175. The second-order valence-corrected chi connectivity index (χ2v) is 8.14. The number of fused-ring (bicyclic) bond motifs is 1. The molecule has 0 aliphatic carbocycles. The van der Waals surface area contributed by atoms with Gasteiger partial charge in [-0.1, -0.05) is 18.2 Å². The molecule has 0 spiro atoms. The zero-order chi connectivity index (χ0) is 23.8. The van der Waals surface area contributed by atoms with Gasteiger partial charge in [-0.2, -0.15) is 5.26 Å². The molecular formula is C27H21N3O4. The summed E-state index contributed by atoms with van der Waals surface area (Å²) in [7, 11) is 0. The molecule has 3 aromatic carbocycles. The Labute approximate surface area is 196 Å². The van der Waals surface area contributed by atoms with E-state index in [0.29, 0.717) is 47.2 Å². The molecule has 2 aliphatic heterocycles. The molecule has 0 saturated carbocycles. The Kier molecular flexibility index (Phi) is 5.27. The molecule has 2 heterocycles. The summed E-state index contributed by atoms with van der Waals surface area (Å²) in [6.45, 7) is 4.88. The molecule has 0 saturated heterocycles. The van der Waals surface area contributed by atoms with Crippen molar-refractivity contribution in [3.63, 3.8) is 0 Å². The molecule has 168 valence electrons. The molecule has 1 N–H and O–H groups in total. The predicted molar refractivity (Wildman–Crippen MR) is 128 cm³/mol. The second kappa shape index (κ2) is 8.41. The van der Waals surface area contributed by atoms with E-state index in [2.05, 4.69) is 5.32 Å². The number of nitrogens with zero attached hydrogens (tertiary/aromatic N) is 2. The molecule has 0 atom stereocenters. The first-order valence-corrected chi connectivity index (χ1v) is 10.8. The first kappa shape index (κ1) is 21.3. The van der Waals surface area contributed by atoms with Gasteiger partial charge in [-0.15, -0.1) is 0 Å². The van der Waals surface area contributed by atoms with Gasteiger partial charge in [-0.25, -0.2) is 4.90 Å². The summed E-state index contributed by atoms with van der Waals surface area (Å²) in [5, 5.41) is 12.2. The molecule has 2 aliphatic rings. The average molecular weight is 451 g/mol. The lowest BCUT2D eigenvalue weighted by Gasteiger charge is -2.19. The number of benzene rings is 3. The van der Waals surface area contributed by atoms with Crippen LogP contribution < -0.4 is 19.7 Å². The molecule has 0 unspecified atom stereocenters.